The van der Waals surface area contributed by atoms with Crippen LogP contribution >= 0.6 is 0 Å². The van der Waals surface area contributed by atoms with E-state index >= 15 is 0 Å². The van der Waals surface area contributed by atoms with E-state index in [0.717, 1.165) is 25.0 Å². The van der Waals surface area contributed by atoms with Gasteiger partial charge in [0.25, 0.3) is 0 Å². The average molecular weight is 305 g/mol. The average Bonchev–Trinajstić information content (AvgIpc) is 3.32. The highest BCUT2D eigenvalue weighted by Crippen LogP contribution is 2.33. The Balaban J connectivity index is 2.01. The molecule has 0 unspecified atom stereocenters. The van der Waals surface area contributed by atoms with Crippen LogP contribution in [0.15, 0.2) is 30.5 Å². The molecule has 22 heavy (non-hydrogen) atoms. The summed E-state index contributed by atoms with van der Waals surface area (Å²) < 4.78 is 32.1. The number of halogens is 2. The fraction of sp³-hybridized carbons (Fsp3) is 0.250. The Kier molecular flexibility index (Phi) is 3.75. The van der Waals surface area contributed by atoms with E-state index in [1.54, 1.807) is 0 Å². The molecule has 3 rings (SSSR count). The van der Waals surface area contributed by atoms with Crippen LogP contribution in [0.4, 0.5) is 8.78 Å². The number of carboxylic acids is 1. The molecule has 0 bridgehead atoms. The van der Waals surface area contributed by atoms with Crippen molar-refractivity contribution in [2.24, 2.45) is 5.92 Å². The third-order valence-corrected chi connectivity index (χ3v) is 3.48. The molecule has 1 fully saturated rings. The molecule has 0 saturated heterocycles. The Hall–Kier alpha value is -2.50. The number of nitrogens with zero attached hydrogens (tertiary/aromatic N) is 1. The lowest BCUT2D eigenvalue weighted by molar-refractivity contribution is 0.0696. The topological polar surface area (TPSA) is 59.4 Å². The second-order valence-corrected chi connectivity index (χ2v) is 5.27. The monoisotopic (exact) mass is 305 g/mol. The summed E-state index contributed by atoms with van der Waals surface area (Å²) in [6.45, 7) is 0.482. The van der Waals surface area contributed by atoms with E-state index in [2.05, 4.69) is 4.98 Å². The summed E-state index contributed by atoms with van der Waals surface area (Å²) in [5, 5.41) is 9.06. The number of aromatic carboxylic acids is 1. The summed E-state index contributed by atoms with van der Waals surface area (Å²) in [5.74, 6) is -2.41. The highest BCUT2D eigenvalue weighted by Gasteiger charge is 2.23. The number of aromatic nitrogens is 1. The number of carbonyl (C=O) groups is 1. The van der Waals surface area contributed by atoms with Gasteiger partial charge in [0.2, 0.25) is 5.88 Å². The van der Waals surface area contributed by atoms with Gasteiger partial charge in [0, 0.05) is 11.8 Å². The molecular weight excluding hydrogens is 292 g/mol. The van der Waals surface area contributed by atoms with Gasteiger partial charge >= 0.3 is 5.97 Å². The van der Waals surface area contributed by atoms with Crippen molar-refractivity contribution in [3.05, 3.63) is 47.7 Å². The molecule has 1 N–H and O–H groups in total. The predicted octanol–water partition coefficient (Wildman–Crippen LogP) is 3.51. The zero-order valence-electron chi connectivity index (χ0n) is 11.6. The van der Waals surface area contributed by atoms with Gasteiger partial charge in [0.15, 0.2) is 11.6 Å². The Morgan fingerprint density at radius 2 is 2.05 bits per heavy atom. The number of rotatable bonds is 5. The molecule has 1 aromatic carbocycles. The zero-order chi connectivity index (χ0) is 15.7. The maximum Gasteiger partial charge on any atom is 0.337 e. The molecule has 6 heteroatoms. The molecule has 0 spiro atoms. The molecule has 0 atom stereocenters. The van der Waals surface area contributed by atoms with E-state index in [1.165, 1.54) is 18.3 Å². The number of pyridine rings is 1. The van der Waals surface area contributed by atoms with Crippen molar-refractivity contribution in [3.63, 3.8) is 0 Å². The number of carboxylic acid groups (broad SMARTS) is 1. The van der Waals surface area contributed by atoms with Crippen LogP contribution in [0.3, 0.4) is 0 Å². The molecule has 0 aliphatic heterocycles. The molecule has 1 aromatic heterocycles. The Morgan fingerprint density at radius 3 is 2.68 bits per heavy atom. The molecule has 1 aliphatic carbocycles. The van der Waals surface area contributed by atoms with Gasteiger partial charge in [-0.3, -0.25) is 0 Å². The fourth-order valence-electron chi connectivity index (χ4n) is 2.04. The van der Waals surface area contributed by atoms with E-state index in [0.29, 0.717) is 23.7 Å². The first-order valence-electron chi connectivity index (χ1n) is 6.86. The lowest BCUT2D eigenvalue weighted by Crippen LogP contribution is -2.05. The van der Waals surface area contributed by atoms with Crippen LogP contribution < -0.4 is 4.74 Å². The van der Waals surface area contributed by atoms with Crippen molar-refractivity contribution >= 4 is 5.97 Å². The van der Waals surface area contributed by atoms with E-state index in [9.17, 15) is 13.6 Å². The molecule has 1 saturated carbocycles. The van der Waals surface area contributed by atoms with Gasteiger partial charge in [0.1, 0.15) is 0 Å². The van der Waals surface area contributed by atoms with Crippen molar-refractivity contribution in [3.8, 4) is 17.0 Å². The van der Waals surface area contributed by atoms with Gasteiger partial charge < -0.3 is 9.84 Å². The van der Waals surface area contributed by atoms with E-state index in [-0.39, 0.29) is 11.4 Å². The molecule has 114 valence electrons. The van der Waals surface area contributed by atoms with Gasteiger partial charge in [-0.2, -0.15) is 0 Å². The maximum atomic E-state index is 13.4. The third kappa shape index (κ3) is 3.05. The van der Waals surface area contributed by atoms with Crippen LogP contribution in [0.2, 0.25) is 0 Å². The largest absolute Gasteiger partial charge is 0.478 e. The van der Waals surface area contributed by atoms with Gasteiger partial charge in [-0.05, 0) is 42.5 Å². The second-order valence-electron chi connectivity index (χ2n) is 5.27. The number of hydrogen-bond donors (Lipinski definition) is 1. The van der Waals surface area contributed by atoms with E-state index < -0.39 is 17.6 Å². The summed E-state index contributed by atoms with van der Waals surface area (Å²) in [6, 6.07) is 4.71. The van der Waals surface area contributed by atoms with E-state index in [1.807, 2.05) is 0 Å². The molecule has 0 radical (unpaired) electrons. The van der Waals surface area contributed by atoms with E-state index in [4.69, 9.17) is 9.84 Å². The van der Waals surface area contributed by atoms with Gasteiger partial charge in [-0.15, -0.1) is 0 Å². The Labute approximate surface area is 125 Å². The van der Waals surface area contributed by atoms with Crippen LogP contribution in [-0.4, -0.2) is 22.7 Å². The molecular formula is C16H13F2NO3. The summed E-state index contributed by atoms with van der Waals surface area (Å²) in [5.41, 5.74) is 0.609. The molecule has 1 heterocycles. The van der Waals surface area contributed by atoms with Crippen molar-refractivity contribution in [1.82, 2.24) is 4.98 Å². The summed E-state index contributed by atoms with van der Waals surface area (Å²) in [6.07, 6.45) is 3.37. The Morgan fingerprint density at radius 1 is 1.27 bits per heavy atom. The molecule has 1 aliphatic rings. The Bertz CT molecular complexity index is 729. The number of ether oxygens (including phenoxy) is 1. The highest BCUT2D eigenvalue weighted by atomic mass is 19.2. The number of benzene rings is 1. The van der Waals surface area contributed by atoms with Gasteiger partial charge in [-0.25, -0.2) is 18.6 Å². The molecule has 2 aromatic rings. The SMILES string of the molecule is O=C(O)c1cnc(OCC2CC2)c(-c2ccc(F)c(F)c2)c1. The first-order valence-corrected chi connectivity index (χ1v) is 6.86. The first kappa shape index (κ1) is 14.4. The molecule has 4 nitrogen and oxygen atoms in total. The lowest BCUT2D eigenvalue weighted by atomic mass is 10.0. The minimum absolute atomic E-state index is 0.0431. The van der Waals surface area contributed by atoms with Crippen LogP contribution in [-0.2, 0) is 0 Å². The van der Waals surface area contributed by atoms with Crippen LogP contribution in [0.1, 0.15) is 23.2 Å². The quantitative estimate of drug-likeness (QED) is 0.918. The molecule has 0 amide bonds. The number of hydrogen-bond acceptors (Lipinski definition) is 3. The zero-order valence-corrected chi connectivity index (χ0v) is 11.6. The minimum atomic E-state index is -1.15. The fourth-order valence-corrected chi connectivity index (χ4v) is 2.04. The van der Waals surface area contributed by atoms with Crippen LogP contribution in [0, 0.1) is 17.6 Å². The summed E-state index contributed by atoms with van der Waals surface area (Å²) in [7, 11) is 0. The maximum absolute atomic E-state index is 13.4. The van der Waals surface area contributed by atoms with Crippen molar-refractivity contribution in [2.75, 3.05) is 6.61 Å². The van der Waals surface area contributed by atoms with Crippen molar-refractivity contribution in [1.29, 1.82) is 0 Å². The smallest absolute Gasteiger partial charge is 0.337 e. The van der Waals surface area contributed by atoms with Gasteiger partial charge in [-0.1, -0.05) is 6.07 Å². The third-order valence-electron chi connectivity index (χ3n) is 3.48. The first-order chi connectivity index (χ1) is 10.5. The lowest BCUT2D eigenvalue weighted by Gasteiger charge is -2.11. The predicted molar refractivity (Wildman–Crippen MR) is 74.8 cm³/mol. The second kappa shape index (κ2) is 5.71. The van der Waals surface area contributed by atoms with Crippen LogP contribution in [0.25, 0.3) is 11.1 Å². The summed E-state index contributed by atoms with van der Waals surface area (Å²) >= 11 is 0. The summed E-state index contributed by atoms with van der Waals surface area (Å²) in [4.78, 5) is 15.1. The van der Waals surface area contributed by atoms with Crippen molar-refractivity contribution < 1.29 is 23.4 Å². The van der Waals surface area contributed by atoms with Gasteiger partial charge in [0.05, 0.1) is 12.2 Å². The van der Waals surface area contributed by atoms with Crippen LogP contribution in [0.5, 0.6) is 5.88 Å². The standard InChI is InChI=1S/C16H13F2NO3/c17-13-4-3-10(6-14(13)18)12-5-11(16(20)21)7-19-15(12)22-8-9-1-2-9/h3-7,9H,1-2,8H2,(H,20,21). The normalized spacial score (nSPS) is 13.9. The minimum Gasteiger partial charge on any atom is -0.478 e. The van der Waals surface area contributed by atoms with Crippen molar-refractivity contribution in [2.45, 2.75) is 12.8 Å². The highest BCUT2D eigenvalue weighted by molar-refractivity contribution is 5.89.